The van der Waals surface area contributed by atoms with Crippen LogP contribution in [0.3, 0.4) is 0 Å². The molecule has 0 aliphatic heterocycles. The fraction of sp³-hybridized carbons (Fsp3) is 0.364. The lowest BCUT2D eigenvalue weighted by atomic mass is 9.82. The van der Waals surface area contributed by atoms with E-state index in [4.69, 9.17) is 9.15 Å². The molecule has 31 heavy (non-hydrogen) atoms. The van der Waals surface area contributed by atoms with Crippen molar-refractivity contribution in [2.75, 3.05) is 19.0 Å². The van der Waals surface area contributed by atoms with Gasteiger partial charge < -0.3 is 19.6 Å². The van der Waals surface area contributed by atoms with E-state index in [2.05, 4.69) is 20.4 Å². The third-order valence-electron chi connectivity index (χ3n) is 5.95. The highest BCUT2D eigenvalue weighted by molar-refractivity contribution is 6.09. The van der Waals surface area contributed by atoms with E-state index in [1.165, 1.54) is 6.20 Å². The Kier molecular flexibility index (Phi) is 5.03. The van der Waals surface area contributed by atoms with Gasteiger partial charge in [0.2, 0.25) is 0 Å². The van der Waals surface area contributed by atoms with Crippen LogP contribution in [0, 0.1) is 5.92 Å². The first-order chi connectivity index (χ1) is 15.2. The zero-order chi connectivity index (χ0) is 21.4. The quantitative estimate of drug-likeness (QED) is 0.507. The largest absolute Gasteiger partial charge is 0.494 e. The molecular formula is C22H23N5O4. The number of nitrogens with zero attached hydrogens (tertiary/aromatic N) is 4. The number of hydrogen-bond acceptors (Lipinski definition) is 7. The number of nitrogens with one attached hydrogen (secondary N) is 1. The Morgan fingerprint density at radius 2 is 2.16 bits per heavy atom. The number of oxazole rings is 1. The summed E-state index contributed by atoms with van der Waals surface area (Å²) in [6, 6.07) is 5.25. The number of ether oxygens (including phenoxy) is 1. The molecule has 2 N–H and O–H groups in total. The average Bonchev–Trinajstić information content (AvgIpc) is 3.42. The summed E-state index contributed by atoms with van der Waals surface area (Å²) in [7, 11) is 1.55. The minimum Gasteiger partial charge on any atom is -0.494 e. The second-order valence-electron chi connectivity index (χ2n) is 7.87. The zero-order valence-electron chi connectivity index (χ0n) is 17.1. The molecule has 0 bridgehead atoms. The van der Waals surface area contributed by atoms with Crippen LogP contribution in [0.2, 0.25) is 0 Å². The molecule has 1 aliphatic rings. The number of aliphatic hydroxyl groups excluding tert-OH is 1. The Balaban J connectivity index is 1.42. The monoisotopic (exact) mass is 421 g/mol. The second kappa shape index (κ2) is 7.99. The van der Waals surface area contributed by atoms with E-state index < -0.39 is 0 Å². The van der Waals surface area contributed by atoms with Crippen molar-refractivity contribution in [3.05, 3.63) is 48.2 Å². The van der Waals surface area contributed by atoms with Gasteiger partial charge in [-0.3, -0.25) is 4.79 Å². The first-order valence-electron chi connectivity index (χ1n) is 10.3. The van der Waals surface area contributed by atoms with Crippen LogP contribution >= 0.6 is 0 Å². The summed E-state index contributed by atoms with van der Waals surface area (Å²) >= 11 is 0. The van der Waals surface area contributed by atoms with Gasteiger partial charge in [-0.1, -0.05) is 0 Å². The molecule has 1 fully saturated rings. The van der Waals surface area contributed by atoms with Gasteiger partial charge in [0.05, 0.1) is 19.0 Å². The molecule has 0 saturated heterocycles. The van der Waals surface area contributed by atoms with Crippen molar-refractivity contribution in [3.63, 3.8) is 0 Å². The number of fused-ring (bicyclic) bond motifs is 2. The van der Waals surface area contributed by atoms with Crippen molar-refractivity contribution in [2.45, 2.75) is 31.6 Å². The third kappa shape index (κ3) is 3.61. The van der Waals surface area contributed by atoms with Crippen molar-refractivity contribution < 1.29 is 19.1 Å². The van der Waals surface area contributed by atoms with Gasteiger partial charge in [0.25, 0.3) is 5.91 Å². The van der Waals surface area contributed by atoms with Crippen molar-refractivity contribution >= 4 is 28.3 Å². The van der Waals surface area contributed by atoms with Crippen LogP contribution in [0.5, 0.6) is 5.75 Å². The SMILES string of the molecule is COc1cc2nc(C3CCC(CO)CC3)oc2cc1NC(=O)c1cnn2cccnc12. The number of carbonyl (C=O) groups excluding carboxylic acids is 1. The van der Waals surface area contributed by atoms with Gasteiger partial charge in [0.15, 0.2) is 17.1 Å². The number of anilines is 1. The molecule has 1 aromatic carbocycles. The molecule has 0 unspecified atom stereocenters. The van der Waals surface area contributed by atoms with E-state index in [1.807, 2.05) is 0 Å². The Bertz CT molecular complexity index is 1240. The minimum atomic E-state index is -0.339. The minimum absolute atomic E-state index is 0.239. The Morgan fingerprint density at radius 1 is 1.32 bits per heavy atom. The van der Waals surface area contributed by atoms with Gasteiger partial charge in [-0.15, -0.1) is 0 Å². The molecule has 9 heteroatoms. The molecule has 3 heterocycles. The zero-order valence-corrected chi connectivity index (χ0v) is 17.1. The lowest BCUT2D eigenvalue weighted by molar-refractivity contribution is 0.102. The number of aromatic nitrogens is 4. The van der Waals surface area contributed by atoms with Gasteiger partial charge in [-0.25, -0.2) is 14.5 Å². The molecule has 0 radical (unpaired) electrons. The van der Waals surface area contributed by atoms with Crippen molar-refractivity contribution in [1.29, 1.82) is 0 Å². The molecule has 160 valence electrons. The number of benzene rings is 1. The maximum atomic E-state index is 12.9. The van der Waals surface area contributed by atoms with Crippen molar-refractivity contribution in [3.8, 4) is 5.75 Å². The van der Waals surface area contributed by atoms with Gasteiger partial charge in [-0.05, 0) is 37.7 Å². The normalized spacial score (nSPS) is 19.0. The van der Waals surface area contributed by atoms with E-state index in [0.717, 1.165) is 25.7 Å². The Morgan fingerprint density at radius 3 is 2.94 bits per heavy atom. The number of hydrogen-bond donors (Lipinski definition) is 2. The van der Waals surface area contributed by atoms with Crippen LogP contribution < -0.4 is 10.1 Å². The van der Waals surface area contributed by atoms with Crippen LogP contribution in [0.1, 0.15) is 47.8 Å². The van der Waals surface area contributed by atoms with E-state index in [1.54, 1.807) is 42.2 Å². The molecule has 9 nitrogen and oxygen atoms in total. The van der Waals surface area contributed by atoms with Gasteiger partial charge in [-0.2, -0.15) is 5.10 Å². The number of aliphatic hydroxyl groups is 1. The van der Waals surface area contributed by atoms with Gasteiger partial charge >= 0.3 is 0 Å². The summed E-state index contributed by atoms with van der Waals surface area (Å²) in [5.74, 6) is 1.47. The predicted molar refractivity (Wildman–Crippen MR) is 113 cm³/mol. The molecule has 1 amide bonds. The van der Waals surface area contributed by atoms with Crippen molar-refractivity contribution in [1.82, 2.24) is 19.6 Å². The fourth-order valence-corrected chi connectivity index (χ4v) is 4.18. The lowest BCUT2D eigenvalue weighted by Crippen LogP contribution is -2.16. The molecule has 1 saturated carbocycles. The van der Waals surface area contributed by atoms with E-state index in [9.17, 15) is 9.90 Å². The highest BCUT2D eigenvalue weighted by Gasteiger charge is 2.26. The van der Waals surface area contributed by atoms with Crippen LogP contribution in [0.25, 0.3) is 16.7 Å². The van der Waals surface area contributed by atoms with E-state index in [-0.39, 0.29) is 18.4 Å². The van der Waals surface area contributed by atoms with Crippen LogP contribution in [-0.4, -0.2) is 44.3 Å². The number of carbonyl (C=O) groups is 1. The summed E-state index contributed by atoms with van der Waals surface area (Å²) in [6.07, 6.45) is 8.66. The molecule has 5 rings (SSSR count). The lowest BCUT2D eigenvalue weighted by Gasteiger charge is -2.24. The first kappa shape index (κ1) is 19.5. The van der Waals surface area contributed by atoms with Crippen LogP contribution in [0.15, 0.2) is 41.2 Å². The maximum Gasteiger partial charge on any atom is 0.261 e. The topological polar surface area (TPSA) is 115 Å². The average molecular weight is 421 g/mol. The Hall–Kier alpha value is -3.46. The molecule has 1 aliphatic carbocycles. The predicted octanol–water partition coefficient (Wildman–Crippen LogP) is 3.40. The molecule has 3 aromatic heterocycles. The summed E-state index contributed by atoms with van der Waals surface area (Å²) in [5.41, 5.74) is 2.60. The standard InChI is InChI=1S/C22H23N5O4/c1-30-18-9-17-19(31-22(26-17)14-5-3-13(12-28)4-6-14)10-16(18)25-21(29)15-11-24-27-8-2-7-23-20(15)27/h2,7-11,13-14,28H,3-6,12H2,1H3,(H,25,29). The molecule has 0 spiro atoms. The summed E-state index contributed by atoms with van der Waals surface area (Å²) in [6.45, 7) is 0.239. The third-order valence-corrected chi connectivity index (χ3v) is 5.95. The highest BCUT2D eigenvalue weighted by Crippen LogP contribution is 2.38. The molecule has 4 aromatic rings. The first-order valence-corrected chi connectivity index (χ1v) is 10.3. The number of methoxy groups -OCH3 is 1. The second-order valence-corrected chi connectivity index (χ2v) is 7.87. The fourth-order valence-electron chi connectivity index (χ4n) is 4.18. The van der Waals surface area contributed by atoms with Crippen molar-refractivity contribution in [2.24, 2.45) is 5.92 Å². The summed E-state index contributed by atoms with van der Waals surface area (Å²) < 4.78 is 13.1. The smallest absolute Gasteiger partial charge is 0.261 e. The van der Waals surface area contributed by atoms with E-state index >= 15 is 0 Å². The van der Waals surface area contributed by atoms with Gasteiger partial charge in [0.1, 0.15) is 16.8 Å². The number of rotatable bonds is 5. The van der Waals surface area contributed by atoms with Crippen LogP contribution in [-0.2, 0) is 0 Å². The summed E-state index contributed by atoms with van der Waals surface area (Å²) in [5, 5.41) is 16.4. The molecule has 0 atom stereocenters. The highest BCUT2D eigenvalue weighted by atomic mass is 16.5. The summed E-state index contributed by atoms with van der Waals surface area (Å²) in [4.78, 5) is 21.8. The number of amides is 1. The van der Waals surface area contributed by atoms with E-state index in [0.29, 0.717) is 45.6 Å². The van der Waals surface area contributed by atoms with Crippen LogP contribution in [0.4, 0.5) is 5.69 Å². The van der Waals surface area contributed by atoms with Gasteiger partial charge in [0, 0.05) is 37.1 Å². The molecular weight excluding hydrogens is 398 g/mol. The maximum absolute atomic E-state index is 12.9. The Labute approximate surface area is 178 Å².